The summed E-state index contributed by atoms with van der Waals surface area (Å²) in [6, 6.07) is 15.5. The molecule has 0 fully saturated rings. The van der Waals surface area contributed by atoms with Gasteiger partial charge in [-0.15, -0.1) is 0 Å². The van der Waals surface area contributed by atoms with Crippen LogP contribution >= 0.6 is 0 Å². The van der Waals surface area contributed by atoms with Gasteiger partial charge in [0, 0.05) is 12.6 Å². The monoisotopic (exact) mass is 340 g/mol. The van der Waals surface area contributed by atoms with Crippen molar-refractivity contribution in [2.45, 2.75) is 26.4 Å². The Morgan fingerprint density at radius 3 is 2.48 bits per heavy atom. The van der Waals surface area contributed by atoms with Gasteiger partial charge in [-0.25, -0.2) is 0 Å². The molecule has 2 aromatic carbocycles. The van der Waals surface area contributed by atoms with Gasteiger partial charge in [0.1, 0.15) is 19.5 Å². The van der Waals surface area contributed by atoms with E-state index in [1.54, 1.807) is 7.05 Å². The van der Waals surface area contributed by atoms with E-state index in [0.717, 1.165) is 16.9 Å². The van der Waals surface area contributed by atoms with Crippen molar-refractivity contribution in [2.24, 2.45) is 5.16 Å². The minimum Gasteiger partial charge on any atom is -0.489 e. The van der Waals surface area contributed by atoms with Crippen LogP contribution in [-0.4, -0.2) is 25.8 Å². The van der Waals surface area contributed by atoms with Crippen molar-refractivity contribution in [3.05, 3.63) is 65.2 Å². The lowest BCUT2D eigenvalue weighted by atomic mass is 10.0. The molecule has 25 heavy (non-hydrogen) atoms. The number of oxime groups is 1. The standard InChI is InChI=1S/C20H24N2O3/c1-14(2)16-10-7-8-12-18(16)25-13-15-9-5-6-11-17(15)19(22-24-4)20(23)21-3/h5-12,14H,13H2,1-4H3,(H,21,23). The lowest BCUT2D eigenvalue weighted by Crippen LogP contribution is -2.29. The summed E-state index contributed by atoms with van der Waals surface area (Å²) in [6.45, 7) is 4.59. The quantitative estimate of drug-likeness (QED) is 0.620. The van der Waals surface area contributed by atoms with Crippen LogP contribution in [0.4, 0.5) is 0 Å². The van der Waals surface area contributed by atoms with Crippen LogP contribution in [0.2, 0.25) is 0 Å². The summed E-state index contributed by atoms with van der Waals surface area (Å²) in [5.74, 6) is 0.900. The van der Waals surface area contributed by atoms with E-state index in [-0.39, 0.29) is 11.6 Å². The fraction of sp³-hybridized carbons (Fsp3) is 0.300. The molecule has 5 heteroatoms. The molecule has 0 saturated heterocycles. The first-order valence-corrected chi connectivity index (χ1v) is 8.21. The van der Waals surface area contributed by atoms with E-state index >= 15 is 0 Å². The average Bonchev–Trinajstić information content (AvgIpc) is 2.64. The second kappa shape index (κ2) is 8.87. The Bertz CT molecular complexity index is 754. The molecule has 1 amide bonds. The number of ether oxygens (including phenoxy) is 1. The van der Waals surface area contributed by atoms with Gasteiger partial charge in [0.25, 0.3) is 5.91 Å². The van der Waals surface area contributed by atoms with Crippen LogP contribution in [0.1, 0.15) is 36.5 Å². The molecule has 0 bridgehead atoms. The van der Waals surface area contributed by atoms with Crippen molar-refractivity contribution in [3.8, 4) is 5.75 Å². The van der Waals surface area contributed by atoms with Crippen LogP contribution in [0.25, 0.3) is 0 Å². The fourth-order valence-electron chi connectivity index (χ4n) is 2.54. The second-order valence-corrected chi connectivity index (χ2v) is 5.84. The van der Waals surface area contributed by atoms with Gasteiger partial charge in [-0.2, -0.15) is 0 Å². The zero-order valence-electron chi connectivity index (χ0n) is 15.1. The zero-order chi connectivity index (χ0) is 18.2. The van der Waals surface area contributed by atoms with Gasteiger partial charge in [0.2, 0.25) is 0 Å². The summed E-state index contributed by atoms with van der Waals surface area (Å²) >= 11 is 0. The highest BCUT2D eigenvalue weighted by atomic mass is 16.6. The number of para-hydroxylation sites is 1. The molecular weight excluding hydrogens is 316 g/mol. The maximum Gasteiger partial charge on any atom is 0.273 e. The molecule has 0 aliphatic heterocycles. The highest BCUT2D eigenvalue weighted by Crippen LogP contribution is 2.27. The predicted molar refractivity (Wildman–Crippen MR) is 98.9 cm³/mol. The summed E-state index contributed by atoms with van der Waals surface area (Å²) in [4.78, 5) is 16.9. The van der Waals surface area contributed by atoms with Crippen molar-refractivity contribution in [1.82, 2.24) is 5.32 Å². The van der Waals surface area contributed by atoms with Crippen molar-refractivity contribution < 1.29 is 14.4 Å². The normalized spacial score (nSPS) is 11.3. The third-order valence-electron chi connectivity index (χ3n) is 3.82. The number of nitrogens with zero attached hydrogens (tertiary/aromatic N) is 1. The van der Waals surface area contributed by atoms with E-state index in [2.05, 4.69) is 30.4 Å². The van der Waals surface area contributed by atoms with Gasteiger partial charge in [-0.3, -0.25) is 4.79 Å². The number of likely N-dealkylation sites (N-methyl/N-ethyl adjacent to an activating group) is 1. The number of rotatable bonds is 7. The number of carbonyl (C=O) groups is 1. The predicted octanol–water partition coefficient (Wildman–Crippen LogP) is 3.49. The molecule has 0 unspecified atom stereocenters. The third kappa shape index (κ3) is 4.59. The largest absolute Gasteiger partial charge is 0.489 e. The number of amides is 1. The summed E-state index contributed by atoms with van der Waals surface area (Å²) in [5, 5.41) is 6.46. The van der Waals surface area contributed by atoms with E-state index in [1.807, 2.05) is 42.5 Å². The number of hydrogen-bond donors (Lipinski definition) is 1. The number of hydrogen-bond acceptors (Lipinski definition) is 4. The minimum absolute atomic E-state index is 0.223. The van der Waals surface area contributed by atoms with Crippen molar-refractivity contribution in [3.63, 3.8) is 0 Å². The number of benzene rings is 2. The van der Waals surface area contributed by atoms with Crippen molar-refractivity contribution >= 4 is 11.6 Å². The Kier molecular flexibility index (Phi) is 6.57. The van der Waals surface area contributed by atoms with E-state index in [4.69, 9.17) is 9.57 Å². The molecule has 0 aromatic heterocycles. The first-order valence-electron chi connectivity index (χ1n) is 8.21. The smallest absolute Gasteiger partial charge is 0.273 e. The Labute approximate surface area is 148 Å². The Balaban J connectivity index is 2.30. The van der Waals surface area contributed by atoms with Crippen molar-refractivity contribution in [2.75, 3.05) is 14.2 Å². The molecule has 0 aliphatic rings. The minimum atomic E-state index is -0.308. The van der Waals surface area contributed by atoms with Crippen LogP contribution in [0.5, 0.6) is 5.75 Å². The zero-order valence-corrected chi connectivity index (χ0v) is 15.1. The summed E-state index contributed by atoms with van der Waals surface area (Å²) in [7, 11) is 2.98. The second-order valence-electron chi connectivity index (χ2n) is 5.84. The average molecular weight is 340 g/mol. The fourth-order valence-corrected chi connectivity index (χ4v) is 2.54. The summed E-state index contributed by atoms with van der Waals surface area (Å²) in [6.07, 6.45) is 0. The van der Waals surface area contributed by atoms with E-state index in [1.165, 1.54) is 7.11 Å². The lowest BCUT2D eigenvalue weighted by molar-refractivity contribution is -0.114. The summed E-state index contributed by atoms with van der Waals surface area (Å²) < 4.78 is 6.04. The molecule has 0 saturated carbocycles. The van der Waals surface area contributed by atoms with Gasteiger partial charge in [0.05, 0.1) is 0 Å². The van der Waals surface area contributed by atoms with Gasteiger partial charge in [-0.05, 0) is 23.1 Å². The first kappa shape index (κ1) is 18.5. The molecule has 5 nitrogen and oxygen atoms in total. The third-order valence-corrected chi connectivity index (χ3v) is 3.82. The van der Waals surface area contributed by atoms with Crippen LogP contribution in [0.3, 0.4) is 0 Å². The molecule has 0 spiro atoms. The topological polar surface area (TPSA) is 59.9 Å². The first-order chi connectivity index (χ1) is 12.1. The molecule has 2 aromatic rings. The van der Waals surface area contributed by atoms with Crippen molar-refractivity contribution in [1.29, 1.82) is 0 Å². The molecule has 2 rings (SSSR count). The van der Waals surface area contributed by atoms with Gasteiger partial charge in [-0.1, -0.05) is 61.5 Å². The van der Waals surface area contributed by atoms with Gasteiger partial charge >= 0.3 is 0 Å². The Hall–Kier alpha value is -2.82. The number of nitrogens with one attached hydrogen (secondary N) is 1. The molecule has 0 heterocycles. The van der Waals surface area contributed by atoms with E-state index in [9.17, 15) is 4.79 Å². The molecule has 0 radical (unpaired) electrons. The Morgan fingerprint density at radius 2 is 1.80 bits per heavy atom. The highest BCUT2D eigenvalue weighted by Gasteiger charge is 2.18. The maximum atomic E-state index is 12.1. The lowest BCUT2D eigenvalue weighted by Gasteiger charge is -2.15. The van der Waals surface area contributed by atoms with Crippen LogP contribution in [-0.2, 0) is 16.2 Å². The van der Waals surface area contributed by atoms with Crippen LogP contribution < -0.4 is 10.1 Å². The Morgan fingerprint density at radius 1 is 1.12 bits per heavy atom. The molecular formula is C20H24N2O3. The van der Waals surface area contributed by atoms with E-state index < -0.39 is 0 Å². The SMILES string of the molecule is CNC(=O)C(=NOC)c1ccccc1COc1ccccc1C(C)C. The van der Waals surface area contributed by atoms with Crippen LogP contribution in [0, 0.1) is 0 Å². The summed E-state index contributed by atoms with van der Waals surface area (Å²) in [5.41, 5.74) is 2.92. The van der Waals surface area contributed by atoms with Gasteiger partial charge < -0.3 is 14.9 Å². The molecule has 132 valence electrons. The molecule has 0 aliphatic carbocycles. The van der Waals surface area contributed by atoms with Gasteiger partial charge in [0.15, 0.2) is 5.71 Å². The number of carbonyl (C=O) groups excluding carboxylic acids is 1. The highest BCUT2D eigenvalue weighted by molar-refractivity contribution is 6.45. The molecule has 0 atom stereocenters. The molecule has 1 N–H and O–H groups in total. The van der Waals surface area contributed by atoms with Crippen LogP contribution in [0.15, 0.2) is 53.7 Å². The van der Waals surface area contributed by atoms with E-state index in [0.29, 0.717) is 18.1 Å². The maximum absolute atomic E-state index is 12.1.